The molecule has 0 amide bonds. The molecule has 1 N–H and O–H groups in total. The lowest BCUT2D eigenvalue weighted by Gasteiger charge is -2.25. The zero-order valence-electron chi connectivity index (χ0n) is 10.5. The number of pyridine rings is 1. The Hall–Kier alpha value is -1.41. The van der Waals surface area contributed by atoms with Crippen molar-refractivity contribution in [1.82, 2.24) is 4.98 Å². The van der Waals surface area contributed by atoms with Crippen molar-refractivity contribution in [3.05, 3.63) is 42.1 Å². The van der Waals surface area contributed by atoms with Gasteiger partial charge in [0.1, 0.15) is 0 Å². The fourth-order valence-electron chi connectivity index (χ4n) is 2.93. The minimum atomic E-state index is -0.0537. The van der Waals surface area contributed by atoms with Crippen molar-refractivity contribution in [2.24, 2.45) is 5.92 Å². The zero-order chi connectivity index (χ0) is 12.4. The largest absolute Gasteiger partial charge is 0.393 e. The van der Waals surface area contributed by atoms with Crippen LogP contribution in [-0.2, 0) is 6.42 Å². The second-order valence-electron chi connectivity index (χ2n) is 5.41. The van der Waals surface area contributed by atoms with Crippen LogP contribution in [0.1, 0.15) is 31.2 Å². The topological polar surface area (TPSA) is 33.1 Å². The van der Waals surface area contributed by atoms with E-state index in [1.165, 1.54) is 10.9 Å². The molecule has 1 heterocycles. The Bertz CT molecular complexity index is 529. The average Bonchev–Trinajstić information content (AvgIpc) is 2.41. The number of aromatic nitrogens is 1. The van der Waals surface area contributed by atoms with Gasteiger partial charge in [-0.25, -0.2) is 0 Å². The van der Waals surface area contributed by atoms with E-state index in [-0.39, 0.29) is 6.10 Å². The first-order chi connectivity index (χ1) is 8.81. The number of hydrogen-bond acceptors (Lipinski definition) is 2. The first-order valence-electron chi connectivity index (χ1n) is 6.83. The van der Waals surface area contributed by atoms with E-state index in [9.17, 15) is 5.11 Å². The van der Waals surface area contributed by atoms with Crippen LogP contribution in [0.15, 0.2) is 36.5 Å². The summed E-state index contributed by atoms with van der Waals surface area (Å²) in [6.45, 7) is 0. The van der Waals surface area contributed by atoms with Crippen LogP contribution in [0.25, 0.3) is 10.9 Å². The molecule has 1 saturated carbocycles. The van der Waals surface area contributed by atoms with Crippen molar-refractivity contribution in [1.29, 1.82) is 0 Å². The normalized spacial score (nSPS) is 24.3. The SMILES string of the molecule is OC1CCC(Cc2ccc3ncccc3c2)CC1. The maximum Gasteiger partial charge on any atom is 0.0702 e. The van der Waals surface area contributed by atoms with Gasteiger partial charge in [-0.3, -0.25) is 4.98 Å². The van der Waals surface area contributed by atoms with Crippen LogP contribution in [0.3, 0.4) is 0 Å². The summed E-state index contributed by atoms with van der Waals surface area (Å²) in [5.41, 5.74) is 2.47. The maximum atomic E-state index is 9.53. The summed E-state index contributed by atoms with van der Waals surface area (Å²) in [6, 6.07) is 10.7. The van der Waals surface area contributed by atoms with Gasteiger partial charge in [0.2, 0.25) is 0 Å². The Kier molecular flexibility index (Phi) is 3.28. The maximum absolute atomic E-state index is 9.53. The Labute approximate surface area is 108 Å². The molecule has 0 atom stereocenters. The van der Waals surface area contributed by atoms with Crippen LogP contribution in [0.5, 0.6) is 0 Å². The average molecular weight is 241 g/mol. The quantitative estimate of drug-likeness (QED) is 0.874. The number of aliphatic hydroxyl groups is 1. The Morgan fingerprint density at radius 1 is 1.11 bits per heavy atom. The van der Waals surface area contributed by atoms with Crippen LogP contribution >= 0.6 is 0 Å². The van der Waals surface area contributed by atoms with Gasteiger partial charge in [-0.1, -0.05) is 12.1 Å². The van der Waals surface area contributed by atoms with E-state index >= 15 is 0 Å². The first kappa shape index (κ1) is 11.7. The number of nitrogens with zero attached hydrogens (tertiary/aromatic N) is 1. The molecule has 1 aliphatic carbocycles. The molecule has 2 aromatic rings. The summed E-state index contributed by atoms with van der Waals surface area (Å²) in [5.74, 6) is 0.738. The molecule has 0 aliphatic heterocycles. The van der Waals surface area contributed by atoms with Gasteiger partial charge in [0.25, 0.3) is 0 Å². The highest BCUT2D eigenvalue weighted by molar-refractivity contribution is 5.78. The molecule has 18 heavy (non-hydrogen) atoms. The van der Waals surface area contributed by atoms with Crippen LogP contribution < -0.4 is 0 Å². The smallest absolute Gasteiger partial charge is 0.0702 e. The second-order valence-corrected chi connectivity index (χ2v) is 5.41. The van der Waals surface area contributed by atoms with Crippen LogP contribution in [0, 0.1) is 5.92 Å². The van der Waals surface area contributed by atoms with Gasteiger partial charge in [-0.2, -0.15) is 0 Å². The second kappa shape index (κ2) is 5.07. The number of hydrogen-bond donors (Lipinski definition) is 1. The van der Waals surface area contributed by atoms with Crippen LogP contribution in [-0.4, -0.2) is 16.2 Å². The minimum absolute atomic E-state index is 0.0537. The Balaban J connectivity index is 1.74. The predicted octanol–water partition coefficient (Wildman–Crippen LogP) is 3.33. The molecule has 1 aliphatic rings. The summed E-state index contributed by atoms with van der Waals surface area (Å²) in [4.78, 5) is 4.35. The third-order valence-corrected chi connectivity index (χ3v) is 4.01. The molecule has 0 radical (unpaired) electrons. The highest BCUT2D eigenvalue weighted by atomic mass is 16.3. The van der Waals surface area contributed by atoms with E-state index in [0.29, 0.717) is 0 Å². The summed E-state index contributed by atoms with van der Waals surface area (Å²) < 4.78 is 0. The minimum Gasteiger partial charge on any atom is -0.393 e. The summed E-state index contributed by atoms with van der Waals surface area (Å²) >= 11 is 0. The van der Waals surface area contributed by atoms with Crippen molar-refractivity contribution in [2.45, 2.75) is 38.2 Å². The lowest BCUT2D eigenvalue weighted by Crippen LogP contribution is -2.19. The lowest BCUT2D eigenvalue weighted by molar-refractivity contribution is 0.109. The number of aliphatic hydroxyl groups excluding tert-OH is 1. The van der Waals surface area contributed by atoms with E-state index < -0.39 is 0 Å². The third kappa shape index (κ3) is 2.54. The standard InChI is InChI=1S/C16H19NO/c18-15-6-3-12(4-7-15)10-13-5-8-16-14(11-13)2-1-9-17-16/h1-2,5,8-9,11-12,15,18H,3-4,6-7,10H2. The van der Waals surface area contributed by atoms with Gasteiger partial charge in [0, 0.05) is 11.6 Å². The lowest BCUT2D eigenvalue weighted by atomic mass is 9.83. The fourth-order valence-corrected chi connectivity index (χ4v) is 2.93. The highest BCUT2D eigenvalue weighted by Gasteiger charge is 2.19. The molecule has 3 rings (SSSR count). The molecule has 1 aromatic carbocycles. The molecule has 0 spiro atoms. The zero-order valence-corrected chi connectivity index (χ0v) is 10.5. The van der Waals surface area contributed by atoms with Gasteiger partial charge in [-0.15, -0.1) is 0 Å². The van der Waals surface area contributed by atoms with Gasteiger partial charge in [0.15, 0.2) is 0 Å². The predicted molar refractivity (Wildman–Crippen MR) is 73.4 cm³/mol. The van der Waals surface area contributed by atoms with E-state index in [2.05, 4.69) is 29.2 Å². The third-order valence-electron chi connectivity index (χ3n) is 4.01. The van der Waals surface area contributed by atoms with Crippen LogP contribution in [0.2, 0.25) is 0 Å². The van der Waals surface area contributed by atoms with Crippen molar-refractivity contribution in [2.75, 3.05) is 0 Å². The van der Waals surface area contributed by atoms with Gasteiger partial charge >= 0.3 is 0 Å². The monoisotopic (exact) mass is 241 g/mol. The van der Waals surface area contributed by atoms with Crippen molar-refractivity contribution < 1.29 is 5.11 Å². The number of rotatable bonds is 2. The van der Waals surface area contributed by atoms with E-state index in [0.717, 1.165) is 43.5 Å². The van der Waals surface area contributed by atoms with Crippen molar-refractivity contribution in [3.8, 4) is 0 Å². The van der Waals surface area contributed by atoms with Gasteiger partial charge in [-0.05, 0) is 61.8 Å². The van der Waals surface area contributed by atoms with Gasteiger partial charge in [0.05, 0.1) is 11.6 Å². The molecule has 0 bridgehead atoms. The van der Waals surface area contributed by atoms with E-state index in [1.807, 2.05) is 12.3 Å². The summed E-state index contributed by atoms with van der Waals surface area (Å²) in [6.07, 6.45) is 7.18. The molecule has 1 fully saturated rings. The number of fused-ring (bicyclic) bond motifs is 1. The van der Waals surface area contributed by atoms with E-state index in [4.69, 9.17) is 0 Å². The first-order valence-corrected chi connectivity index (χ1v) is 6.83. The summed E-state index contributed by atoms with van der Waals surface area (Å²) in [7, 11) is 0. The van der Waals surface area contributed by atoms with Gasteiger partial charge < -0.3 is 5.11 Å². The Morgan fingerprint density at radius 2 is 1.94 bits per heavy atom. The van der Waals surface area contributed by atoms with E-state index in [1.54, 1.807) is 0 Å². The Morgan fingerprint density at radius 3 is 2.78 bits per heavy atom. The fraction of sp³-hybridized carbons (Fsp3) is 0.438. The molecule has 94 valence electrons. The van der Waals surface area contributed by atoms with Crippen molar-refractivity contribution >= 4 is 10.9 Å². The number of benzene rings is 1. The molecule has 2 heteroatoms. The molecule has 0 unspecified atom stereocenters. The molecule has 1 aromatic heterocycles. The molecular weight excluding hydrogens is 222 g/mol. The highest BCUT2D eigenvalue weighted by Crippen LogP contribution is 2.28. The molecule has 2 nitrogen and oxygen atoms in total. The molecular formula is C16H19NO. The molecule has 0 saturated heterocycles. The van der Waals surface area contributed by atoms with Crippen molar-refractivity contribution in [3.63, 3.8) is 0 Å². The summed E-state index contributed by atoms with van der Waals surface area (Å²) in [5, 5.41) is 10.8. The van der Waals surface area contributed by atoms with Crippen LogP contribution in [0.4, 0.5) is 0 Å².